The third-order valence-electron chi connectivity index (χ3n) is 3.78. The number of carbonyl (C=O) groups is 1. The van der Waals surface area contributed by atoms with E-state index in [1.54, 1.807) is 0 Å². The van der Waals surface area contributed by atoms with Crippen LogP contribution in [0, 0.1) is 5.92 Å². The van der Waals surface area contributed by atoms with Gasteiger partial charge in [-0.15, -0.1) is 11.3 Å². The van der Waals surface area contributed by atoms with Crippen LogP contribution in [0.4, 0.5) is 0 Å². The molecule has 1 aliphatic rings. The van der Waals surface area contributed by atoms with E-state index in [9.17, 15) is 4.79 Å². The fourth-order valence-corrected chi connectivity index (χ4v) is 3.80. The first-order valence-corrected chi connectivity index (χ1v) is 8.43. The van der Waals surface area contributed by atoms with Gasteiger partial charge in [-0.3, -0.25) is 4.79 Å². The zero-order chi connectivity index (χ0) is 15.0. The van der Waals surface area contributed by atoms with E-state index >= 15 is 0 Å². The molecule has 1 fully saturated rings. The van der Waals surface area contributed by atoms with Gasteiger partial charge in [0.2, 0.25) is 5.91 Å². The van der Waals surface area contributed by atoms with Crippen LogP contribution in [0.5, 0.6) is 0 Å². The molecule has 2 aromatic rings. The predicted molar refractivity (Wildman–Crippen MR) is 88.2 cm³/mol. The van der Waals surface area contributed by atoms with Crippen LogP contribution in [-0.4, -0.2) is 5.91 Å². The number of amides is 1. The maximum atomic E-state index is 12.3. The van der Waals surface area contributed by atoms with Gasteiger partial charge in [0.15, 0.2) is 0 Å². The highest BCUT2D eigenvalue weighted by molar-refractivity contribution is 7.16. The van der Waals surface area contributed by atoms with Gasteiger partial charge in [-0.05, 0) is 49.1 Å². The molecule has 0 spiro atoms. The van der Waals surface area contributed by atoms with Crippen LogP contribution < -0.4 is 5.32 Å². The molecule has 0 saturated heterocycles. The Labute approximate surface area is 138 Å². The fourth-order valence-electron chi connectivity index (χ4n) is 2.54. The first kappa shape index (κ1) is 14.9. The van der Waals surface area contributed by atoms with Crippen LogP contribution in [0.2, 0.25) is 9.36 Å². The van der Waals surface area contributed by atoms with Crippen LogP contribution >= 0.6 is 34.5 Å². The van der Waals surface area contributed by atoms with Gasteiger partial charge < -0.3 is 5.32 Å². The Balaban J connectivity index is 1.60. The molecule has 21 heavy (non-hydrogen) atoms. The Kier molecular flexibility index (Phi) is 4.25. The number of nitrogens with one attached hydrogen (secondary N) is 1. The molecule has 3 unspecified atom stereocenters. The van der Waals surface area contributed by atoms with Crippen molar-refractivity contribution >= 4 is 40.4 Å². The van der Waals surface area contributed by atoms with E-state index in [1.807, 2.05) is 43.3 Å². The molecule has 1 aromatic carbocycles. The van der Waals surface area contributed by atoms with E-state index in [0.717, 1.165) is 26.2 Å². The Morgan fingerprint density at radius 3 is 2.81 bits per heavy atom. The van der Waals surface area contributed by atoms with Crippen molar-refractivity contribution in [2.24, 2.45) is 5.92 Å². The Hall–Kier alpha value is -1.03. The minimum atomic E-state index is -0.00406. The van der Waals surface area contributed by atoms with Crippen LogP contribution in [0.15, 0.2) is 36.4 Å². The van der Waals surface area contributed by atoms with Gasteiger partial charge in [-0.2, -0.15) is 0 Å². The highest BCUT2D eigenvalue weighted by Crippen LogP contribution is 2.48. The van der Waals surface area contributed by atoms with Crippen molar-refractivity contribution in [2.45, 2.75) is 25.3 Å². The molecule has 1 heterocycles. The molecule has 0 radical (unpaired) electrons. The van der Waals surface area contributed by atoms with Gasteiger partial charge in [0.25, 0.3) is 0 Å². The lowest BCUT2D eigenvalue weighted by Crippen LogP contribution is -2.27. The molecule has 1 saturated carbocycles. The predicted octanol–water partition coefficient (Wildman–Crippen LogP) is 5.04. The van der Waals surface area contributed by atoms with E-state index in [-0.39, 0.29) is 17.9 Å². The van der Waals surface area contributed by atoms with Gasteiger partial charge in [-0.1, -0.05) is 35.3 Å². The first-order chi connectivity index (χ1) is 10.0. The summed E-state index contributed by atoms with van der Waals surface area (Å²) in [7, 11) is 0. The number of hydrogen-bond donors (Lipinski definition) is 1. The van der Waals surface area contributed by atoms with E-state index < -0.39 is 0 Å². The molecule has 1 aliphatic carbocycles. The van der Waals surface area contributed by atoms with E-state index in [2.05, 4.69) is 5.32 Å². The van der Waals surface area contributed by atoms with E-state index in [0.29, 0.717) is 5.92 Å². The second kappa shape index (κ2) is 5.99. The second-order valence-corrected chi connectivity index (χ2v) is 7.56. The molecule has 1 N–H and O–H groups in total. The Morgan fingerprint density at radius 1 is 1.33 bits per heavy atom. The average Bonchev–Trinajstić information content (AvgIpc) is 3.14. The zero-order valence-electron chi connectivity index (χ0n) is 11.5. The average molecular weight is 340 g/mol. The quantitative estimate of drug-likeness (QED) is 0.830. The molecule has 0 bridgehead atoms. The Morgan fingerprint density at radius 2 is 2.14 bits per heavy atom. The van der Waals surface area contributed by atoms with Crippen LogP contribution in [-0.2, 0) is 4.79 Å². The highest BCUT2D eigenvalue weighted by atomic mass is 35.5. The minimum Gasteiger partial charge on any atom is -0.349 e. The summed E-state index contributed by atoms with van der Waals surface area (Å²) in [6.07, 6.45) is 0.893. The molecule has 3 atom stereocenters. The van der Waals surface area contributed by atoms with E-state index in [1.165, 1.54) is 11.3 Å². The summed E-state index contributed by atoms with van der Waals surface area (Å²) in [5.74, 6) is 0.459. The number of thiophene rings is 1. The van der Waals surface area contributed by atoms with Crippen LogP contribution in [0.3, 0.4) is 0 Å². The molecular weight excluding hydrogens is 325 g/mol. The van der Waals surface area contributed by atoms with Gasteiger partial charge >= 0.3 is 0 Å². The lowest BCUT2D eigenvalue weighted by atomic mass is 10.1. The topological polar surface area (TPSA) is 29.1 Å². The van der Waals surface area contributed by atoms with Crippen molar-refractivity contribution in [1.29, 1.82) is 0 Å². The van der Waals surface area contributed by atoms with Crippen molar-refractivity contribution in [1.82, 2.24) is 5.32 Å². The second-order valence-electron chi connectivity index (χ2n) is 5.38. The number of benzene rings is 1. The van der Waals surface area contributed by atoms with Crippen LogP contribution in [0.25, 0.3) is 0 Å². The summed E-state index contributed by atoms with van der Waals surface area (Å²) in [6, 6.07) is 11.6. The summed E-state index contributed by atoms with van der Waals surface area (Å²) >= 11 is 13.4. The van der Waals surface area contributed by atoms with E-state index in [4.69, 9.17) is 23.2 Å². The van der Waals surface area contributed by atoms with Crippen LogP contribution in [0.1, 0.15) is 35.7 Å². The third-order valence-corrected chi connectivity index (χ3v) is 5.43. The lowest BCUT2D eigenvalue weighted by Gasteiger charge is -2.12. The highest BCUT2D eigenvalue weighted by Gasteiger charge is 2.44. The monoisotopic (exact) mass is 339 g/mol. The third kappa shape index (κ3) is 3.42. The SMILES string of the molecule is CC(NC(=O)C1CC1c1cccc(Cl)c1)c1ccc(Cl)s1. The lowest BCUT2D eigenvalue weighted by molar-refractivity contribution is -0.123. The van der Waals surface area contributed by atoms with Gasteiger partial charge in [-0.25, -0.2) is 0 Å². The summed E-state index contributed by atoms with van der Waals surface area (Å²) < 4.78 is 0.745. The number of halogens is 2. The van der Waals surface area contributed by atoms with Crippen molar-refractivity contribution < 1.29 is 4.79 Å². The molecule has 1 aromatic heterocycles. The van der Waals surface area contributed by atoms with Gasteiger partial charge in [0.05, 0.1) is 10.4 Å². The zero-order valence-corrected chi connectivity index (χ0v) is 13.8. The smallest absolute Gasteiger partial charge is 0.224 e. The maximum Gasteiger partial charge on any atom is 0.224 e. The standard InChI is InChI=1S/C16H15Cl2NOS/c1-9(14-5-6-15(18)21-14)19-16(20)13-8-12(13)10-3-2-4-11(17)7-10/h2-7,9,12-13H,8H2,1H3,(H,19,20). The van der Waals surface area contributed by atoms with Gasteiger partial charge in [0.1, 0.15) is 0 Å². The number of rotatable bonds is 4. The molecule has 3 rings (SSSR count). The maximum absolute atomic E-state index is 12.3. The number of hydrogen-bond acceptors (Lipinski definition) is 2. The van der Waals surface area contributed by atoms with Crippen molar-refractivity contribution in [3.63, 3.8) is 0 Å². The molecule has 5 heteroatoms. The van der Waals surface area contributed by atoms with Crippen molar-refractivity contribution in [2.75, 3.05) is 0 Å². The largest absolute Gasteiger partial charge is 0.349 e. The fraction of sp³-hybridized carbons (Fsp3) is 0.312. The van der Waals surface area contributed by atoms with Crippen molar-refractivity contribution in [3.8, 4) is 0 Å². The molecule has 1 amide bonds. The molecular formula is C16H15Cl2NOS. The molecule has 2 nitrogen and oxygen atoms in total. The van der Waals surface area contributed by atoms with Gasteiger partial charge in [0, 0.05) is 15.8 Å². The first-order valence-electron chi connectivity index (χ1n) is 6.85. The molecule has 0 aliphatic heterocycles. The summed E-state index contributed by atoms with van der Waals surface area (Å²) in [5, 5.41) is 3.79. The minimum absolute atomic E-state index is 0.00406. The summed E-state index contributed by atoms with van der Waals surface area (Å²) in [5.41, 5.74) is 1.15. The molecule has 110 valence electrons. The van der Waals surface area contributed by atoms with Crippen molar-refractivity contribution in [3.05, 3.63) is 56.2 Å². The normalized spacial score (nSPS) is 21.9. The summed E-state index contributed by atoms with van der Waals surface area (Å²) in [6.45, 7) is 1.98. The summed E-state index contributed by atoms with van der Waals surface area (Å²) in [4.78, 5) is 13.4. The Bertz CT molecular complexity index is 670. The number of carbonyl (C=O) groups excluding carboxylic acids is 1.